The molecule has 0 fully saturated rings. The number of hydrogen-bond acceptors (Lipinski definition) is 7. The lowest BCUT2D eigenvalue weighted by atomic mass is 9.97. The third kappa shape index (κ3) is 11.0. The summed E-state index contributed by atoms with van der Waals surface area (Å²) in [4.78, 5) is 21.4. The van der Waals surface area contributed by atoms with Crippen LogP contribution in [-0.4, -0.2) is 71.6 Å². The van der Waals surface area contributed by atoms with Gasteiger partial charge < -0.3 is 14.0 Å². The normalized spacial score (nSPS) is 14.9. The number of carbonyl (C=O) groups is 1. The second-order valence-electron chi connectivity index (χ2n) is 15.7. The van der Waals surface area contributed by atoms with Crippen LogP contribution >= 0.6 is 0 Å². The van der Waals surface area contributed by atoms with Crippen molar-refractivity contribution in [2.45, 2.75) is 123 Å². The van der Waals surface area contributed by atoms with Gasteiger partial charge >= 0.3 is 5.97 Å². The Morgan fingerprint density at radius 1 is 0.979 bits per heavy atom. The van der Waals surface area contributed by atoms with Crippen molar-refractivity contribution in [3.05, 3.63) is 47.4 Å². The molecule has 0 spiro atoms. The van der Waals surface area contributed by atoms with E-state index < -0.39 is 50.7 Å². The minimum atomic E-state index is -3.67. The molecule has 1 N–H and O–H groups in total. The van der Waals surface area contributed by atoms with Crippen LogP contribution in [0.3, 0.4) is 0 Å². The molecule has 1 heterocycles. The highest BCUT2D eigenvalue weighted by atomic mass is 32.2. The molecule has 2 rings (SSSR count). The molecule has 0 bridgehead atoms. The number of sulfonamides is 1. The second-order valence-corrected chi connectivity index (χ2v) is 27.2. The van der Waals surface area contributed by atoms with Crippen molar-refractivity contribution >= 4 is 44.7 Å². The molecule has 13 heteroatoms. The van der Waals surface area contributed by atoms with Crippen LogP contribution in [0.2, 0.25) is 36.3 Å². The molecule has 2 atom stereocenters. The van der Waals surface area contributed by atoms with Crippen molar-refractivity contribution in [3.63, 3.8) is 0 Å². The lowest BCUT2D eigenvalue weighted by Crippen LogP contribution is -2.47. The molecule has 0 aliphatic carbocycles. The van der Waals surface area contributed by atoms with Gasteiger partial charge in [0.25, 0.3) is 0 Å². The number of carboxylic acid groups (broad SMARTS) is 1. The van der Waals surface area contributed by atoms with Crippen molar-refractivity contribution in [3.8, 4) is 11.3 Å². The summed E-state index contributed by atoms with van der Waals surface area (Å²) in [5.74, 6) is -1.48. The van der Waals surface area contributed by atoms with E-state index in [2.05, 4.69) is 72.7 Å². The summed E-state index contributed by atoms with van der Waals surface area (Å²) in [5, 5.41) is 9.63. The van der Waals surface area contributed by atoms with Gasteiger partial charge in [0.1, 0.15) is 5.82 Å². The van der Waals surface area contributed by atoms with Crippen LogP contribution in [0, 0.1) is 5.82 Å². The monoisotopic (exact) mass is 709 g/mol. The zero-order chi connectivity index (χ0) is 36.3. The van der Waals surface area contributed by atoms with Crippen molar-refractivity contribution in [2.75, 3.05) is 17.6 Å². The maximum atomic E-state index is 14.0. The maximum absolute atomic E-state index is 14.0. The Morgan fingerprint density at radius 2 is 1.49 bits per heavy atom. The standard InChI is InChI=1S/C34H56FN3O6SSi2/c1-23(2)30-28(31(24-15-17-25(35)18-16-24)37-32(36-30)38(9)45(10,41)42)20-19-26(43-46(11,12)33(3,4)5)21-27(22-29(39)40)44-47(13,14)34(6,7)8/h15-20,23,26-27H,21-22H2,1-14H3,(H,39,40)/b20-19+/t26-,27+/m0/s1. The number of aliphatic carboxylic acids is 1. The molecular weight excluding hydrogens is 654 g/mol. The second kappa shape index (κ2) is 15.0. The Kier molecular flexibility index (Phi) is 13.0. The predicted molar refractivity (Wildman–Crippen MR) is 195 cm³/mol. The van der Waals surface area contributed by atoms with Gasteiger partial charge in [0, 0.05) is 24.6 Å². The summed E-state index contributed by atoms with van der Waals surface area (Å²) >= 11 is 0. The Balaban J connectivity index is 2.83. The molecule has 0 amide bonds. The van der Waals surface area contributed by atoms with Crippen LogP contribution in [0.5, 0.6) is 0 Å². The third-order valence-electron chi connectivity index (χ3n) is 9.30. The molecule has 264 valence electrons. The summed E-state index contributed by atoms with van der Waals surface area (Å²) in [7, 11) is -6.97. The number of carboxylic acids is 1. The van der Waals surface area contributed by atoms with E-state index in [0.717, 1.165) is 10.6 Å². The summed E-state index contributed by atoms with van der Waals surface area (Å²) in [6.45, 7) is 25.2. The van der Waals surface area contributed by atoms with Gasteiger partial charge in [-0.3, -0.25) is 4.79 Å². The first-order valence-electron chi connectivity index (χ1n) is 16.0. The maximum Gasteiger partial charge on any atom is 0.305 e. The topological polar surface area (TPSA) is 119 Å². The first-order valence-corrected chi connectivity index (χ1v) is 23.7. The fourth-order valence-corrected chi connectivity index (χ4v) is 7.37. The number of halogens is 1. The highest BCUT2D eigenvalue weighted by Crippen LogP contribution is 2.41. The van der Waals surface area contributed by atoms with Crippen molar-refractivity contribution in [1.29, 1.82) is 0 Å². The lowest BCUT2D eigenvalue weighted by molar-refractivity contribution is -0.139. The fourth-order valence-electron chi connectivity index (χ4n) is 4.34. The summed E-state index contributed by atoms with van der Waals surface area (Å²) < 4.78 is 53.6. The van der Waals surface area contributed by atoms with E-state index in [4.69, 9.17) is 13.8 Å². The zero-order valence-electron chi connectivity index (χ0n) is 30.7. The highest BCUT2D eigenvalue weighted by Gasteiger charge is 2.42. The molecule has 9 nitrogen and oxygen atoms in total. The van der Waals surface area contributed by atoms with Gasteiger partial charge in [-0.2, -0.15) is 0 Å². The minimum absolute atomic E-state index is 0.00559. The number of aromatic nitrogens is 2. The Morgan fingerprint density at radius 3 is 1.94 bits per heavy atom. The molecular formula is C34H56FN3O6SSi2. The van der Waals surface area contributed by atoms with Crippen molar-refractivity contribution < 1.29 is 31.6 Å². The first kappa shape index (κ1) is 40.7. The molecule has 0 aliphatic heterocycles. The molecule has 0 saturated carbocycles. The van der Waals surface area contributed by atoms with Gasteiger partial charge in [-0.1, -0.05) is 67.5 Å². The van der Waals surface area contributed by atoms with Crippen LogP contribution in [0.4, 0.5) is 10.3 Å². The molecule has 0 saturated heterocycles. The van der Waals surface area contributed by atoms with Crippen LogP contribution in [0.25, 0.3) is 17.3 Å². The summed E-state index contributed by atoms with van der Waals surface area (Å²) in [6.07, 6.45) is 3.94. The van der Waals surface area contributed by atoms with Crippen LogP contribution in [0.1, 0.15) is 85.4 Å². The zero-order valence-corrected chi connectivity index (χ0v) is 33.5. The van der Waals surface area contributed by atoms with E-state index in [9.17, 15) is 22.7 Å². The summed E-state index contributed by atoms with van der Waals surface area (Å²) in [6, 6.07) is 5.86. The van der Waals surface area contributed by atoms with Crippen molar-refractivity contribution in [2.24, 2.45) is 0 Å². The van der Waals surface area contributed by atoms with E-state index in [0.29, 0.717) is 28.9 Å². The van der Waals surface area contributed by atoms with Crippen molar-refractivity contribution in [1.82, 2.24) is 9.97 Å². The van der Waals surface area contributed by atoms with Gasteiger partial charge in [0.2, 0.25) is 16.0 Å². The smallest absolute Gasteiger partial charge is 0.305 e. The van der Waals surface area contributed by atoms with E-state index in [1.165, 1.54) is 19.2 Å². The molecule has 0 unspecified atom stereocenters. The van der Waals surface area contributed by atoms with E-state index in [1.54, 1.807) is 12.1 Å². The Bertz CT molecular complexity index is 1530. The quantitative estimate of drug-likeness (QED) is 0.194. The molecule has 0 radical (unpaired) electrons. The Hall–Kier alpha value is -2.46. The fraction of sp³-hybridized carbons (Fsp3) is 0.618. The summed E-state index contributed by atoms with van der Waals surface area (Å²) in [5.41, 5.74) is 2.27. The number of rotatable bonds is 14. The van der Waals surface area contributed by atoms with Gasteiger partial charge in [-0.05, 0) is 66.4 Å². The predicted octanol–water partition coefficient (Wildman–Crippen LogP) is 8.46. The minimum Gasteiger partial charge on any atom is -0.481 e. The Labute approximate surface area is 284 Å². The van der Waals surface area contributed by atoms with Crippen LogP contribution in [0.15, 0.2) is 30.3 Å². The van der Waals surface area contributed by atoms with E-state index in [1.807, 2.05) is 26.0 Å². The largest absolute Gasteiger partial charge is 0.481 e. The molecule has 1 aromatic carbocycles. The van der Waals surface area contributed by atoms with E-state index in [-0.39, 0.29) is 28.4 Å². The van der Waals surface area contributed by atoms with Gasteiger partial charge in [-0.25, -0.2) is 27.1 Å². The first-order chi connectivity index (χ1) is 21.2. The van der Waals surface area contributed by atoms with Gasteiger partial charge in [0.15, 0.2) is 16.6 Å². The average molecular weight is 710 g/mol. The van der Waals surface area contributed by atoms with Gasteiger partial charge in [-0.15, -0.1) is 0 Å². The van der Waals surface area contributed by atoms with Crippen LogP contribution < -0.4 is 4.31 Å². The number of anilines is 1. The van der Waals surface area contributed by atoms with E-state index >= 15 is 0 Å². The van der Waals surface area contributed by atoms with Gasteiger partial charge in [0.05, 0.1) is 36.3 Å². The number of hydrogen-bond donors (Lipinski definition) is 1. The molecule has 0 aliphatic rings. The average Bonchev–Trinajstić information content (AvgIpc) is 2.88. The van der Waals surface area contributed by atoms with Crippen LogP contribution in [-0.2, 0) is 23.7 Å². The molecule has 1 aromatic heterocycles. The number of benzene rings is 1. The number of nitrogens with zero attached hydrogens (tertiary/aromatic N) is 3. The molecule has 47 heavy (non-hydrogen) atoms. The highest BCUT2D eigenvalue weighted by molar-refractivity contribution is 7.92. The molecule has 2 aromatic rings. The third-order valence-corrected chi connectivity index (χ3v) is 19.5. The SMILES string of the molecule is CC(C)c1nc(N(C)S(C)(=O)=O)nc(-c2ccc(F)cc2)c1/C=C/[C@@H](C[C@H](CC(=O)O)O[Si](C)(C)C(C)(C)C)O[Si](C)(C)C(C)(C)C. The lowest BCUT2D eigenvalue weighted by Gasteiger charge is -2.42.